The van der Waals surface area contributed by atoms with Gasteiger partial charge in [-0.15, -0.1) is 4.91 Å². The first kappa shape index (κ1) is 11.3. The van der Waals surface area contributed by atoms with Crippen LogP contribution in [-0.2, 0) is 0 Å². The van der Waals surface area contributed by atoms with Crippen molar-refractivity contribution in [3.05, 3.63) is 32.9 Å². The van der Waals surface area contributed by atoms with Crippen LogP contribution in [0.2, 0.25) is 0 Å². The van der Waals surface area contributed by atoms with Gasteiger partial charge < -0.3 is 0 Å². The molecule has 0 aliphatic carbocycles. The smallest absolute Gasteiger partial charge is 0.205 e. The fourth-order valence-corrected chi connectivity index (χ4v) is 2.36. The van der Waals surface area contributed by atoms with Crippen molar-refractivity contribution in [3.63, 3.8) is 0 Å². The Morgan fingerprint density at radius 2 is 2.19 bits per heavy atom. The number of halogens is 1. The number of fused-ring (bicyclic) bond motifs is 1. The van der Waals surface area contributed by atoms with Crippen molar-refractivity contribution in [1.82, 2.24) is 9.38 Å². The van der Waals surface area contributed by atoms with E-state index < -0.39 is 0 Å². The second-order valence-corrected chi connectivity index (χ2v) is 4.98. The standard InChI is InChI=1S/C11H12BrN3O/c1-6(2)9-11(14-16)15-5-7(3)4-8(12)10(15)13-9/h4-6H,1-3H3. The van der Waals surface area contributed by atoms with Crippen molar-refractivity contribution >= 4 is 27.4 Å². The van der Waals surface area contributed by atoms with Gasteiger partial charge in [-0.25, -0.2) is 4.98 Å². The molecule has 0 bridgehead atoms. The summed E-state index contributed by atoms with van der Waals surface area (Å²) in [6.07, 6.45) is 1.87. The molecule has 0 spiro atoms. The lowest BCUT2D eigenvalue weighted by molar-refractivity contribution is 0.834. The average Bonchev–Trinajstić information content (AvgIpc) is 2.56. The monoisotopic (exact) mass is 281 g/mol. The van der Waals surface area contributed by atoms with Crippen molar-refractivity contribution in [2.45, 2.75) is 26.7 Å². The number of aromatic nitrogens is 2. The Hall–Kier alpha value is -1.23. The summed E-state index contributed by atoms with van der Waals surface area (Å²) in [5, 5.41) is 3.09. The number of hydrogen-bond donors (Lipinski definition) is 0. The quantitative estimate of drug-likeness (QED) is 0.783. The Labute approximate surface area is 102 Å². The van der Waals surface area contributed by atoms with Gasteiger partial charge in [0.05, 0.1) is 10.2 Å². The summed E-state index contributed by atoms with van der Waals surface area (Å²) in [6.45, 7) is 5.96. The summed E-state index contributed by atoms with van der Waals surface area (Å²) in [7, 11) is 0. The number of nitrogens with zero attached hydrogens (tertiary/aromatic N) is 3. The van der Waals surface area contributed by atoms with Gasteiger partial charge in [0, 0.05) is 6.20 Å². The predicted octanol–water partition coefficient (Wildman–Crippen LogP) is 3.93. The van der Waals surface area contributed by atoms with E-state index in [0.29, 0.717) is 5.82 Å². The van der Waals surface area contributed by atoms with Gasteiger partial charge >= 0.3 is 0 Å². The van der Waals surface area contributed by atoms with Crippen LogP contribution in [0.15, 0.2) is 21.9 Å². The number of rotatable bonds is 2. The fourth-order valence-electron chi connectivity index (χ4n) is 1.72. The molecule has 0 N–H and O–H groups in total. The molecule has 2 aromatic rings. The van der Waals surface area contributed by atoms with Crippen molar-refractivity contribution in [1.29, 1.82) is 0 Å². The maximum atomic E-state index is 10.9. The molecule has 0 unspecified atom stereocenters. The maximum absolute atomic E-state index is 10.9. The highest BCUT2D eigenvalue weighted by atomic mass is 79.9. The van der Waals surface area contributed by atoms with Gasteiger partial charge in [-0.3, -0.25) is 4.40 Å². The van der Waals surface area contributed by atoms with Gasteiger partial charge in [0.25, 0.3) is 0 Å². The summed E-state index contributed by atoms with van der Waals surface area (Å²) < 4.78 is 2.62. The Morgan fingerprint density at radius 1 is 1.50 bits per heavy atom. The third kappa shape index (κ3) is 1.65. The normalized spacial score (nSPS) is 11.3. The molecular formula is C11H12BrN3O. The number of hydrogen-bond acceptors (Lipinski definition) is 3. The molecule has 0 amide bonds. The highest BCUT2D eigenvalue weighted by molar-refractivity contribution is 9.10. The van der Waals surface area contributed by atoms with Gasteiger partial charge in [-0.05, 0) is 45.6 Å². The zero-order valence-corrected chi connectivity index (χ0v) is 10.9. The molecule has 0 radical (unpaired) electrons. The van der Waals surface area contributed by atoms with E-state index in [1.165, 1.54) is 0 Å². The molecule has 0 saturated heterocycles. The minimum absolute atomic E-state index is 0.180. The zero-order valence-electron chi connectivity index (χ0n) is 9.36. The lowest BCUT2D eigenvalue weighted by Crippen LogP contribution is -1.88. The minimum Gasteiger partial charge on any atom is -0.280 e. The lowest BCUT2D eigenvalue weighted by atomic mass is 10.1. The van der Waals surface area contributed by atoms with Crippen molar-refractivity contribution in [2.75, 3.05) is 0 Å². The summed E-state index contributed by atoms with van der Waals surface area (Å²) in [5.74, 6) is 0.578. The van der Waals surface area contributed by atoms with Crippen LogP contribution in [0.1, 0.15) is 31.0 Å². The molecule has 2 rings (SSSR count). The first-order valence-corrected chi connectivity index (χ1v) is 5.85. The van der Waals surface area contributed by atoms with Crippen LogP contribution in [0.25, 0.3) is 5.65 Å². The van der Waals surface area contributed by atoms with Crippen LogP contribution >= 0.6 is 15.9 Å². The highest BCUT2D eigenvalue weighted by Crippen LogP contribution is 2.31. The molecule has 5 heteroatoms. The molecule has 0 aliphatic heterocycles. The lowest BCUT2D eigenvalue weighted by Gasteiger charge is -2.00. The van der Waals surface area contributed by atoms with E-state index in [1.807, 2.05) is 33.0 Å². The molecule has 0 fully saturated rings. The molecule has 0 saturated carbocycles. The van der Waals surface area contributed by atoms with Gasteiger partial charge in [0.15, 0.2) is 5.65 Å². The molecular weight excluding hydrogens is 270 g/mol. The number of aryl methyl sites for hydroxylation is 1. The number of pyridine rings is 1. The van der Waals surface area contributed by atoms with Crippen LogP contribution < -0.4 is 0 Å². The van der Waals surface area contributed by atoms with Crippen molar-refractivity contribution < 1.29 is 0 Å². The third-order valence-electron chi connectivity index (χ3n) is 2.45. The van der Waals surface area contributed by atoms with Crippen LogP contribution in [0.4, 0.5) is 5.82 Å². The molecule has 16 heavy (non-hydrogen) atoms. The Kier molecular flexibility index (Phi) is 2.80. The van der Waals surface area contributed by atoms with Crippen molar-refractivity contribution in [3.8, 4) is 0 Å². The summed E-state index contributed by atoms with van der Waals surface area (Å²) >= 11 is 3.45. The van der Waals surface area contributed by atoms with Crippen LogP contribution in [0, 0.1) is 11.8 Å². The second-order valence-electron chi connectivity index (χ2n) is 4.13. The van der Waals surface area contributed by atoms with Crippen LogP contribution in [-0.4, -0.2) is 9.38 Å². The molecule has 2 aromatic heterocycles. The fraction of sp³-hybridized carbons (Fsp3) is 0.364. The van der Waals surface area contributed by atoms with Gasteiger partial charge in [0.2, 0.25) is 5.82 Å². The molecule has 0 aromatic carbocycles. The first-order valence-electron chi connectivity index (χ1n) is 5.06. The summed E-state index contributed by atoms with van der Waals surface area (Å²) in [5.41, 5.74) is 2.53. The predicted molar refractivity (Wildman–Crippen MR) is 67.2 cm³/mol. The van der Waals surface area contributed by atoms with E-state index in [2.05, 4.69) is 26.1 Å². The zero-order chi connectivity index (χ0) is 11.9. The van der Waals surface area contributed by atoms with Crippen LogP contribution in [0.3, 0.4) is 0 Å². The van der Waals surface area contributed by atoms with E-state index >= 15 is 0 Å². The summed E-state index contributed by atoms with van der Waals surface area (Å²) in [4.78, 5) is 15.3. The third-order valence-corrected chi connectivity index (χ3v) is 3.03. The second kappa shape index (κ2) is 3.97. The Morgan fingerprint density at radius 3 is 2.75 bits per heavy atom. The van der Waals surface area contributed by atoms with E-state index in [-0.39, 0.29) is 5.92 Å². The number of nitroso groups, excluding NO2 is 1. The largest absolute Gasteiger partial charge is 0.280 e. The Bertz CT molecular complexity index is 560. The van der Waals surface area contributed by atoms with Gasteiger partial charge in [0.1, 0.15) is 0 Å². The first-order chi connectivity index (χ1) is 7.54. The molecule has 0 aliphatic rings. The maximum Gasteiger partial charge on any atom is 0.205 e. The van der Waals surface area contributed by atoms with Crippen molar-refractivity contribution in [2.24, 2.45) is 5.18 Å². The molecule has 2 heterocycles. The van der Waals surface area contributed by atoms with Gasteiger partial charge in [-0.2, -0.15) is 0 Å². The number of imidazole rings is 1. The van der Waals surface area contributed by atoms with E-state index in [0.717, 1.165) is 21.4 Å². The highest BCUT2D eigenvalue weighted by Gasteiger charge is 2.17. The molecule has 0 atom stereocenters. The van der Waals surface area contributed by atoms with Gasteiger partial charge in [-0.1, -0.05) is 13.8 Å². The van der Waals surface area contributed by atoms with E-state index in [4.69, 9.17) is 0 Å². The van der Waals surface area contributed by atoms with E-state index in [1.54, 1.807) is 4.40 Å². The Balaban J connectivity index is 2.87. The minimum atomic E-state index is 0.180. The van der Waals surface area contributed by atoms with E-state index in [9.17, 15) is 4.91 Å². The SMILES string of the molecule is Cc1cc(Br)c2nc(C(C)C)c(N=O)n2c1. The average molecular weight is 282 g/mol. The summed E-state index contributed by atoms with van der Waals surface area (Å²) in [6, 6.07) is 1.97. The topological polar surface area (TPSA) is 46.7 Å². The molecule has 84 valence electrons. The van der Waals surface area contributed by atoms with Crippen LogP contribution in [0.5, 0.6) is 0 Å². The molecule has 4 nitrogen and oxygen atoms in total.